The van der Waals surface area contributed by atoms with E-state index in [1.54, 1.807) is 41.9 Å². The normalized spacial score (nSPS) is 10.7. The van der Waals surface area contributed by atoms with Crippen LogP contribution in [0.25, 0.3) is 11.4 Å². The summed E-state index contributed by atoms with van der Waals surface area (Å²) >= 11 is 19.5. The van der Waals surface area contributed by atoms with Gasteiger partial charge < -0.3 is 19.4 Å². The number of amides is 1. The van der Waals surface area contributed by atoms with E-state index in [4.69, 9.17) is 44.3 Å². The first kappa shape index (κ1) is 22.6. The molecule has 1 aromatic heterocycles. The molecule has 1 heterocycles. The van der Waals surface area contributed by atoms with Crippen LogP contribution in [-0.2, 0) is 11.8 Å². The van der Waals surface area contributed by atoms with Gasteiger partial charge in [0.15, 0.2) is 11.0 Å². The smallest absolute Gasteiger partial charge is 0.234 e. The highest BCUT2D eigenvalue weighted by Crippen LogP contribution is 2.36. The molecule has 11 heteroatoms. The lowest BCUT2D eigenvalue weighted by Gasteiger charge is -2.13. The first-order valence-electron chi connectivity index (χ1n) is 8.53. The number of nitrogens with one attached hydrogen (secondary N) is 1. The van der Waals surface area contributed by atoms with Crippen molar-refractivity contribution in [2.24, 2.45) is 7.05 Å². The summed E-state index contributed by atoms with van der Waals surface area (Å²) < 4.78 is 12.2. The molecule has 3 aromatic rings. The first-order valence-corrected chi connectivity index (χ1v) is 10.6. The molecule has 0 bridgehead atoms. The molecule has 1 amide bonds. The van der Waals surface area contributed by atoms with Crippen molar-refractivity contribution >= 4 is 58.2 Å². The van der Waals surface area contributed by atoms with Gasteiger partial charge in [-0.2, -0.15) is 0 Å². The SMILES string of the molecule is COc1cc(NC(=O)CSc2nnc(-c3ccc(Cl)cc3Cl)n2C)c(OC)cc1Cl. The number of rotatable bonds is 7. The van der Waals surface area contributed by atoms with Crippen LogP contribution in [0.3, 0.4) is 0 Å². The molecule has 30 heavy (non-hydrogen) atoms. The van der Waals surface area contributed by atoms with Crippen LogP contribution in [0.4, 0.5) is 5.69 Å². The van der Waals surface area contributed by atoms with Crippen LogP contribution >= 0.6 is 46.6 Å². The van der Waals surface area contributed by atoms with Gasteiger partial charge in [0.05, 0.1) is 35.7 Å². The minimum absolute atomic E-state index is 0.106. The van der Waals surface area contributed by atoms with Crippen molar-refractivity contribution in [1.29, 1.82) is 0 Å². The highest BCUT2D eigenvalue weighted by atomic mass is 35.5. The van der Waals surface area contributed by atoms with Gasteiger partial charge in [-0.15, -0.1) is 10.2 Å². The second kappa shape index (κ2) is 9.78. The van der Waals surface area contributed by atoms with Crippen molar-refractivity contribution in [1.82, 2.24) is 14.8 Å². The highest BCUT2D eigenvalue weighted by molar-refractivity contribution is 7.99. The molecule has 0 atom stereocenters. The van der Waals surface area contributed by atoms with E-state index in [-0.39, 0.29) is 11.7 Å². The summed E-state index contributed by atoms with van der Waals surface area (Å²) in [5.74, 6) is 1.28. The molecular weight excluding hydrogens is 471 g/mol. The summed E-state index contributed by atoms with van der Waals surface area (Å²) in [5.41, 5.74) is 1.15. The third-order valence-electron chi connectivity index (χ3n) is 4.09. The van der Waals surface area contributed by atoms with Crippen LogP contribution in [0.15, 0.2) is 35.5 Å². The van der Waals surface area contributed by atoms with E-state index in [1.165, 1.54) is 26.0 Å². The predicted molar refractivity (Wildman–Crippen MR) is 120 cm³/mol. The zero-order valence-electron chi connectivity index (χ0n) is 16.2. The van der Waals surface area contributed by atoms with Gasteiger partial charge in [0.1, 0.15) is 11.5 Å². The van der Waals surface area contributed by atoms with Crippen molar-refractivity contribution in [3.05, 3.63) is 45.4 Å². The molecule has 0 aliphatic rings. The van der Waals surface area contributed by atoms with E-state index < -0.39 is 0 Å². The number of carbonyl (C=O) groups excluding carboxylic acids is 1. The van der Waals surface area contributed by atoms with Crippen LogP contribution in [0, 0.1) is 0 Å². The van der Waals surface area contributed by atoms with Gasteiger partial charge in [0.25, 0.3) is 0 Å². The lowest BCUT2D eigenvalue weighted by molar-refractivity contribution is -0.113. The maximum absolute atomic E-state index is 12.5. The summed E-state index contributed by atoms with van der Waals surface area (Å²) in [5, 5.41) is 13.1. The Balaban J connectivity index is 1.71. The number of hydrogen-bond donors (Lipinski definition) is 1. The molecule has 3 rings (SSSR count). The van der Waals surface area contributed by atoms with Gasteiger partial charge in [0.2, 0.25) is 5.91 Å². The lowest BCUT2D eigenvalue weighted by Crippen LogP contribution is -2.15. The van der Waals surface area contributed by atoms with Gasteiger partial charge in [0, 0.05) is 29.8 Å². The summed E-state index contributed by atoms with van der Waals surface area (Å²) in [6.07, 6.45) is 0. The second-order valence-corrected chi connectivity index (χ2v) is 8.21. The fourth-order valence-corrected chi connectivity index (χ4v) is 4.06. The maximum atomic E-state index is 12.5. The number of carbonyl (C=O) groups is 1. The van der Waals surface area contributed by atoms with Crippen molar-refractivity contribution in [3.8, 4) is 22.9 Å². The van der Waals surface area contributed by atoms with Crippen LogP contribution in [0.2, 0.25) is 15.1 Å². The topological polar surface area (TPSA) is 78.3 Å². The zero-order chi connectivity index (χ0) is 21.8. The van der Waals surface area contributed by atoms with Crippen molar-refractivity contribution in [2.75, 3.05) is 25.3 Å². The largest absolute Gasteiger partial charge is 0.495 e. The highest BCUT2D eigenvalue weighted by Gasteiger charge is 2.17. The number of anilines is 1. The van der Waals surface area contributed by atoms with Gasteiger partial charge in [-0.1, -0.05) is 46.6 Å². The van der Waals surface area contributed by atoms with E-state index in [2.05, 4.69) is 15.5 Å². The Morgan fingerprint density at radius 1 is 1.07 bits per heavy atom. The number of methoxy groups -OCH3 is 2. The minimum atomic E-state index is -0.253. The summed E-state index contributed by atoms with van der Waals surface area (Å²) in [7, 11) is 4.78. The van der Waals surface area contributed by atoms with Crippen molar-refractivity contribution < 1.29 is 14.3 Å². The molecular formula is C19H17Cl3N4O3S. The molecule has 0 unspecified atom stereocenters. The van der Waals surface area contributed by atoms with Crippen molar-refractivity contribution in [3.63, 3.8) is 0 Å². The van der Waals surface area contributed by atoms with Crippen LogP contribution in [0.5, 0.6) is 11.5 Å². The van der Waals surface area contributed by atoms with Gasteiger partial charge in [-0.05, 0) is 18.2 Å². The molecule has 0 aliphatic carbocycles. The fourth-order valence-electron chi connectivity index (χ4n) is 2.62. The second-order valence-electron chi connectivity index (χ2n) is 6.01. The number of hydrogen-bond acceptors (Lipinski definition) is 6. The molecule has 0 saturated heterocycles. The molecule has 0 fully saturated rings. The Hall–Kier alpha value is -2.13. The molecule has 0 aliphatic heterocycles. The van der Waals surface area contributed by atoms with E-state index in [9.17, 15) is 4.79 Å². The third kappa shape index (κ3) is 4.95. The molecule has 1 N–H and O–H groups in total. The number of aromatic nitrogens is 3. The average molecular weight is 488 g/mol. The monoisotopic (exact) mass is 486 g/mol. The zero-order valence-corrected chi connectivity index (χ0v) is 19.3. The fraction of sp³-hybridized carbons (Fsp3) is 0.211. The number of halogens is 3. The Morgan fingerprint density at radius 2 is 1.80 bits per heavy atom. The maximum Gasteiger partial charge on any atom is 0.234 e. The molecule has 2 aromatic carbocycles. The molecule has 0 radical (unpaired) electrons. The Kier molecular flexibility index (Phi) is 7.36. The van der Waals surface area contributed by atoms with Crippen LogP contribution in [0.1, 0.15) is 0 Å². The van der Waals surface area contributed by atoms with Crippen LogP contribution < -0.4 is 14.8 Å². The summed E-state index contributed by atoms with van der Waals surface area (Å²) in [6.45, 7) is 0. The standard InChI is InChI=1S/C19H17Cl3N4O3S/c1-26-18(11-5-4-10(20)6-12(11)21)24-25-19(26)30-9-17(27)23-14-8-15(28-2)13(22)7-16(14)29-3/h4-8H,9H2,1-3H3,(H,23,27). The number of thioether (sulfide) groups is 1. The van der Waals surface area contributed by atoms with Gasteiger partial charge >= 0.3 is 0 Å². The lowest BCUT2D eigenvalue weighted by atomic mass is 10.2. The Morgan fingerprint density at radius 3 is 2.47 bits per heavy atom. The quantitative estimate of drug-likeness (QED) is 0.462. The minimum Gasteiger partial charge on any atom is -0.495 e. The van der Waals surface area contributed by atoms with Crippen molar-refractivity contribution in [2.45, 2.75) is 5.16 Å². The van der Waals surface area contributed by atoms with E-state index in [0.717, 1.165) is 0 Å². The molecule has 158 valence electrons. The Labute approximate surface area is 192 Å². The van der Waals surface area contributed by atoms with Crippen LogP contribution in [-0.4, -0.2) is 40.6 Å². The van der Waals surface area contributed by atoms with Gasteiger partial charge in [-0.3, -0.25) is 4.79 Å². The van der Waals surface area contributed by atoms with Gasteiger partial charge in [-0.25, -0.2) is 0 Å². The first-order chi connectivity index (χ1) is 14.3. The Bertz CT molecular complexity index is 1090. The van der Waals surface area contributed by atoms with E-state index in [1.807, 2.05) is 0 Å². The molecule has 7 nitrogen and oxygen atoms in total. The number of ether oxygens (including phenoxy) is 2. The van der Waals surface area contributed by atoms with E-state index in [0.29, 0.717) is 48.8 Å². The number of benzene rings is 2. The molecule has 0 saturated carbocycles. The molecule has 0 spiro atoms. The predicted octanol–water partition coefficient (Wildman–Crippen LogP) is 5.19. The van der Waals surface area contributed by atoms with E-state index >= 15 is 0 Å². The average Bonchev–Trinajstić information content (AvgIpc) is 3.07. The number of nitrogens with zero attached hydrogens (tertiary/aromatic N) is 3. The summed E-state index contributed by atoms with van der Waals surface area (Å²) in [6, 6.07) is 8.32. The summed E-state index contributed by atoms with van der Waals surface area (Å²) in [4.78, 5) is 12.5. The third-order valence-corrected chi connectivity index (χ3v) is 5.95.